The molecule has 0 aliphatic heterocycles. The van der Waals surface area contributed by atoms with Gasteiger partial charge < -0.3 is 20.8 Å². The molecule has 0 saturated heterocycles. The van der Waals surface area contributed by atoms with Gasteiger partial charge in [0.25, 0.3) is 11.8 Å². The van der Waals surface area contributed by atoms with Crippen molar-refractivity contribution < 1.29 is 19.8 Å². The summed E-state index contributed by atoms with van der Waals surface area (Å²) in [5.41, 5.74) is 3.29. The number of carbonyl (C=O) groups is 2. The summed E-state index contributed by atoms with van der Waals surface area (Å²) in [7, 11) is 0.839. The highest BCUT2D eigenvalue weighted by atomic mass is 32.2. The molecule has 0 fully saturated rings. The van der Waals surface area contributed by atoms with E-state index in [1.54, 1.807) is 67.8 Å². The molecule has 2 aromatic heterocycles. The number of nitrogens with one attached hydrogen (secondary N) is 2. The maximum Gasteiger partial charge on any atom is 0.284 e. The van der Waals surface area contributed by atoms with Crippen LogP contribution in [0, 0.1) is 18.8 Å². The molecule has 0 aliphatic rings. The van der Waals surface area contributed by atoms with Crippen molar-refractivity contribution in [3.05, 3.63) is 101 Å². The van der Waals surface area contributed by atoms with Gasteiger partial charge in [0.15, 0.2) is 0 Å². The minimum atomic E-state index is -0.878. The van der Waals surface area contributed by atoms with Crippen LogP contribution in [-0.2, 0) is 17.7 Å². The highest BCUT2D eigenvalue weighted by molar-refractivity contribution is 7.87. The van der Waals surface area contributed by atoms with Crippen LogP contribution in [0.5, 0.6) is 5.75 Å². The number of hydrogen-bond donors (Lipinski definition) is 4. The largest absolute Gasteiger partial charge is 0.507 e. The van der Waals surface area contributed by atoms with Crippen molar-refractivity contribution in [2.75, 3.05) is 30.8 Å². The smallest absolute Gasteiger partial charge is 0.284 e. The predicted molar refractivity (Wildman–Crippen MR) is 162 cm³/mol. The Morgan fingerprint density at radius 2 is 1.83 bits per heavy atom. The number of carbonyl (C=O) groups excluding carboxylic acids is 2. The predicted octanol–water partition coefficient (Wildman–Crippen LogP) is 3.45. The van der Waals surface area contributed by atoms with Crippen LogP contribution < -0.4 is 10.6 Å². The summed E-state index contributed by atoms with van der Waals surface area (Å²) >= 11 is 0. The van der Waals surface area contributed by atoms with E-state index in [0.29, 0.717) is 58.2 Å². The van der Waals surface area contributed by atoms with E-state index in [2.05, 4.69) is 36.9 Å². The number of aromatic nitrogens is 3. The standard InChI is InChI=1S/C31H32N6O4S/c1-22-17-27(37(2)35-22)31(41)34-26-8-5-7-23(19-26)11-12-24-18-25(21-33-20-24)30(40)36-42(16-6-13-32-14-15-38)29-10-4-3-9-28(29)39/h3-5,7-10,17-21,32,38-39H,6,13-16H2,1-2H3,(H,34,41)/t42-/m0/s1. The molecule has 0 radical (unpaired) electrons. The fraction of sp³-hybridized carbons (Fsp3) is 0.226. The lowest BCUT2D eigenvalue weighted by Gasteiger charge is -2.10. The van der Waals surface area contributed by atoms with Crippen LogP contribution in [0.1, 0.15) is 44.1 Å². The third-order valence-corrected chi connectivity index (χ3v) is 7.90. The van der Waals surface area contributed by atoms with Crippen LogP contribution in [0.4, 0.5) is 5.69 Å². The summed E-state index contributed by atoms with van der Waals surface area (Å²) in [6.07, 6.45) is 3.72. The number of aliphatic hydroxyl groups is 1. The Morgan fingerprint density at radius 1 is 1.02 bits per heavy atom. The number of aryl methyl sites for hydroxylation is 2. The summed E-state index contributed by atoms with van der Waals surface area (Å²) in [6.45, 7) is 3.02. The first-order valence-electron chi connectivity index (χ1n) is 13.3. The molecule has 11 heteroatoms. The van der Waals surface area contributed by atoms with Crippen molar-refractivity contribution in [2.24, 2.45) is 11.4 Å². The second-order valence-electron chi connectivity index (χ2n) is 9.30. The number of rotatable bonds is 10. The molecule has 1 atom stereocenters. The number of para-hydroxylation sites is 1. The van der Waals surface area contributed by atoms with Gasteiger partial charge >= 0.3 is 0 Å². The van der Waals surface area contributed by atoms with Gasteiger partial charge in [0.2, 0.25) is 0 Å². The van der Waals surface area contributed by atoms with Gasteiger partial charge in [-0.3, -0.25) is 19.3 Å². The van der Waals surface area contributed by atoms with Crippen LogP contribution >= 0.6 is 0 Å². The SMILES string of the molecule is Cc1cc(C(=O)Nc2cccc(C#Cc3cncc(C(=O)N=[S@@](CCCNCCO)c4ccccc4O)c3)c2)n(C)n1. The van der Waals surface area contributed by atoms with Gasteiger partial charge in [0.05, 0.1) is 22.8 Å². The molecule has 42 heavy (non-hydrogen) atoms. The van der Waals surface area contributed by atoms with Crippen molar-refractivity contribution in [1.29, 1.82) is 0 Å². The normalized spacial score (nSPS) is 11.5. The molecule has 0 saturated carbocycles. The van der Waals surface area contributed by atoms with E-state index in [0.717, 1.165) is 5.69 Å². The van der Waals surface area contributed by atoms with Crippen LogP contribution in [0.2, 0.25) is 0 Å². The maximum atomic E-state index is 13.2. The van der Waals surface area contributed by atoms with Crippen molar-refractivity contribution in [2.45, 2.75) is 18.2 Å². The van der Waals surface area contributed by atoms with Crippen LogP contribution in [-0.4, -0.2) is 62.2 Å². The number of benzene rings is 2. The number of hydrogen-bond acceptors (Lipinski definition) is 7. The maximum absolute atomic E-state index is 13.2. The van der Waals surface area contributed by atoms with Crippen LogP contribution in [0.25, 0.3) is 0 Å². The van der Waals surface area contributed by atoms with Crippen LogP contribution in [0.3, 0.4) is 0 Å². The molecule has 2 aromatic carbocycles. The zero-order chi connectivity index (χ0) is 29.9. The first-order chi connectivity index (χ1) is 20.3. The average molecular weight is 585 g/mol. The summed E-state index contributed by atoms with van der Waals surface area (Å²) < 4.78 is 5.98. The highest BCUT2D eigenvalue weighted by Crippen LogP contribution is 2.23. The van der Waals surface area contributed by atoms with E-state index in [1.807, 2.05) is 13.0 Å². The van der Waals surface area contributed by atoms with Crippen molar-refractivity contribution in [3.8, 4) is 17.6 Å². The third-order valence-electron chi connectivity index (χ3n) is 5.98. The quantitative estimate of drug-likeness (QED) is 0.165. The molecule has 0 unspecified atom stereocenters. The molecular weight excluding hydrogens is 552 g/mol. The third kappa shape index (κ3) is 8.44. The van der Waals surface area contributed by atoms with Gasteiger partial charge in [-0.1, -0.05) is 40.7 Å². The average Bonchev–Trinajstić information content (AvgIpc) is 3.33. The Kier molecular flexibility index (Phi) is 10.7. The molecule has 0 spiro atoms. The monoisotopic (exact) mass is 584 g/mol. The summed E-state index contributed by atoms with van der Waals surface area (Å²) in [5, 5.41) is 29.5. The number of aromatic hydroxyl groups is 1. The molecular formula is C31H32N6O4S. The Balaban J connectivity index is 1.50. The Morgan fingerprint density at radius 3 is 2.60 bits per heavy atom. The topological polar surface area (TPSA) is 142 Å². The second kappa shape index (κ2) is 14.8. The number of pyridine rings is 1. The van der Waals surface area contributed by atoms with Crippen LogP contribution in [0.15, 0.2) is 82.3 Å². The van der Waals surface area contributed by atoms with E-state index in [4.69, 9.17) is 5.11 Å². The molecule has 4 aromatic rings. The molecule has 0 aliphatic carbocycles. The number of phenols is 1. The fourth-order valence-electron chi connectivity index (χ4n) is 4.01. The lowest BCUT2D eigenvalue weighted by molar-refractivity contribution is 0.1000. The Hall–Kier alpha value is -4.63. The van der Waals surface area contributed by atoms with E-state index in [1.165, 1.54) is 10.9 Å². The number of aliphatic hydroxyl groups excluding tert-OH is 1. The zero-order valence-corrected chi connectivity index (χ0v) is 24.2. The van der Waals surface area contributed by atoms with Gasteiger partial charge in [0, 0.05) is 48.6 Å². The first-order valence-corrected chi connectivity index (χ1v) is 14.6. The Bertz CT molecular complexity index is 1670. The molecule has 0 bridgehead atoms. The lowest BCUT2D eigenvalue weighted by Crippen LogP contribution is -2.20. The Labute approximate surface area is 246 Å². The molecule has 4 N–H and O–H groups in total. The number of amides is 2. The second-order valence-corrected chi connectivity index (χ2v) is 11.1. The summed E-state index contributed by atoms with van der Waals surface area (Å²) in [5.74, 6) is 6.01. The van der Waals surface area contributed by atoms with Gasteiger partial charge in [-0.25, -0.2) is 0 Å². The van der Waals surface area contributed by atoms with Gasteiger partial charge in [-0.2, -0.15) is 9.46 Å². The van der Waals surface area contributed by atoms with Crippen molar-refractivity contribution in [3.63, 3.8) is 0 Å². The van der Waals surface area contributed by atoms with Gasteiger partial charge in [-0.05, 0) is 62.4 Å². The fourth-order valence-corrected chi connectivity index (χ4v) is 5.69. The minimum Gasteiger partial charge on any atom is -0.507 e. The molecule has 216 valence electrons. The number of anilines is 1. The van der Waals surface area contributed by atoms with Crippen molar-refractivity contribution in [1.82, 2.24) is 20.1 Å². The summed E-state index contributed by atoms with van der Waals surface area (Å²) in [6, 6.07) is 17.4. The first kappa shape index (κ1) is 30.3. The van der Waals surface area contributed by atoms with E-state index >= 15 is 0 Å². The van der Waals surface area contributed by atoms with Gasteiger partial charge in [-0.15, -0.1) is 0 Å². The number of phenolic OH excluding ortho intramolecular Hbond substituents is 1. The highest BCUT2D eigenvalue weighted by Gasteiger charge is 2.13. The van der Waals surface area contributed by atoms with E-state index in [-0.39, 0.29) is 18.3 Å². The summed E-state index contributed by atoms with van der Waals surface area (Å²) in [4.78, 5) is 30.6. The van der Waals surface area contributed by atoms with Crippen molar-refractivity contribution >= 4 is 28.2 Å². The molecule has 2 heterocycles. The molecule has 10 nitrogen and oxygen atoms in total. The van der Waals surface area contributed by atoms with E-state index in [9.17, 15) is 14.7 Å². The minimum absolute atomic E-state index is 0.0497. The lowest BCUT2D eigenvalue weighted by atomic mass is 10.1. The van der Waals surface area contributed by atoms with E-state index < -0.39 is 16.6 Å². The zero-order valence-electron chi connectivity index (χ0n) is 23.4. The molecule has 4 rings (SSSR count). The van der Waals surface area contributed by atoms with Gasteiger partial charge in [0.1, 0.15) is 11.4 Å². The molecule has 2 amide bonds. The number of nitrogens with zero attached hydrogens (tertiary/aromatic N) is 4.